The minimum absolute atomic E-state index is 0.611. The largest absolute Gasteiger partial charge is 0.194 e. The van der Waals surface area contributed by atoms with Crippen LogP contribution in [0.4, 0.5) is 5.69 Å². The molecule has 0 atom stereocenters. The lowest BCUT2D eigenvalue weighted by Crippen LogP contribution is -2.41. The van der Waals surface area contributed by atoms with Crippen molar-refractivity contribution in [3.8, 4) is 0 Å². The smallest absolute Gasteiger partial charge is 0.0771 e. The molecular weight excluding hydrogens is 322 g/mol. The SMILES string of the molecule is CCCCCCC12CCC(CCc3ccccc3N=C=S)(CC1)CC2. The quantitative estimate of drug-likeness (QED) is 0.251. The Balaban J connectivity index is 1.54. The van der Waals surface area contributed by atoms with Crippen LogP contribution in [0.1, 0.15) is 89.5 Å². The van der Waals surface area contributed by atoms with E-state index in [1.807, 2.05) is 6.07 Å². The van der Waals surface area contributed by atoms with E-state index in [-0.39, 0.29) is 0 Å². The number of para-hydroxylation sites is 1. The zero-order chi connectivity index (χ0) is 17.6. The number of nitrogens with zero attached hydrogens (tertiary/aromatic N) is 1. The monoisotopic (exact) mass is 355 g/mol. The zero-order valence-corrected chi connectivity index (χ0v) is 16.7. The van der Waals surface area contributed by atoms with E-state index in [0.29, 0.717) is 5.41 Å². The van der Waals surface area contributed by atoms with Crippen LogP contribution in [0.25, 0.3) is 0 Å². The van der Waals surface area contributed by atoms with Gasteiger partial charge in [0.05, 0.1) is 10.8 Å². The molecule has 0 amide bonds. The van der Waals surface area contributed by atoms with Crippen LogP contribution in [0.5, 0.6) is 0 Å². The molecule has 25 heavy (non-hydrogen) atoms. The van der Waals surface area contributed by atoms with Crippen LogP contribution in [0.2, 0.25) is 0 Å². The first-order valence-corrected chi connectivity index (χ1v) is 10.8. The molecular formula is C23H33NS. The molecule has 0 aromatic heterocycles. The molecule has 4 rings (SSSR count). The maximum Gasteiger partial charge on any atom is 0.0771 e. The second kappa shape index (κ2) is 8.60. The molecule has 3 saturated carbocycles. The van der Waals surface area contributed by atoms with Gasteiger partial charge < -0.3 is 0 Å². The molecule has 1 nitrogen and oxygen atoms in total. The van der Waals surface area contributed by atoms with Gasteiger partial charge in [-0.15, -0.1) is 0 Å². The highest BCUT2D eigenvalue weighted by Gasteiger charge is 2.47. The van der Waals surface area contributed by atoms with Crippen molar-refractivity contribution >= 4 is 23.1 Å². The topological polar surface area (TPSA) is 12.4 Å². The number of rotatable bonds is 9. The number of unbranched alkanes of at least 4 members (excludes halogenated alkanes) is 3. The van der Waals surface area contributed by atoms with Gasteiger partial charge >= 0.3 is 0 Å². The summed E-state index contributed by atoms with van der Waals surface area (Å²) in [4.78, 5) is 4.25. The first-order valence-electron chi connectivity index (χ1n) is 10.4. The number of isothiocyanates is 1. The van der Waals surface area contributed by atoms with Gasteiger partial charge in [-0.2, -0.15) is 4.99 Å². The lowest BCUT2D eigenvalue weighted by Gasteiger charge is -2.54. The highest BCUT2D eigenvalue weighted by molar-refractivity contribution is 7.78. The van der Waals surface area contributed by atoms with Crippen molar-refractivity contribution in [2.75, 3.05) is 0 Å². The molecule has 0 heterocycles. The maximum atomic E-state index is 4.80. The van der Waals surface area contributed by atoms with E-state index in [0.717, 1.165) is 17.5 Å². The Morgan fingerprint density at radius 1 is 0.920 bits per heavy atom. The fourth-order valence-electron chi connectivity index (χ4n) is 5.30. The third kappa shape index (κ3) is 4.60. The van der Waals surface area contributed by atoms with Crippen LogP contribution >= 0.6 is 12.2 Å². The molecule has 0 radical (unpaired) electrons. The third-order valence-electron chi connectivity index (χ3n) is 7.20. The molecule has 1 aromatic rings. The summed E-state index contributed by atoms with van der Waals surface area (Å²) in [6.07, 6.45) is 18.5. The number of hydrogen-bond donors (Lipinski definition) is 0. The molecule has 0 aliphatic heterocycles. The lowest BCUT2D eigenvalue weighted by atomic mass is 9.51. The van der Waals surface area contributed by atoms with Crippen LogP contribution < -0.4 is 0 Å². The van der Waals surface area contributed by atoms with Gasteiger partial charge in [0.25, 0.3) is 0 Å². The van der Waals surface area contributed by atoms with Gasteiger partial charge in [0.2, 0.25) is 0 Å². The Hall–Kier alpha value is -0.980. The second-order valence-corrected chi connectivity index (χ2v) is 8.83. The van der Waals surface area contributed by atoms with Gasteiger partial charge in [0.1, 0.15) is 0 Å². The van der Waals surface area contributed by atoms with Crippen LogP contribution in [0.3, 0.4) is 0 Å². The van der Waals surface area contributed by atoms with Crippen molar-refractivity contribution in [1.82, 2.24) is 0 Å². The molecule has 3 fully saturated rings. The molecule has 2 heteroatoms. The van der Waals surface area contributed by atoms with Crippen molar-refractivity contribution in [2.45, 2.75) is 90.4 Å². The van der Waals surface area contributed by atoms with E-state index in [1.165, 1.54) is 82.6 Å². The van der Waals surface area contributed by atoms with E-state index in [1.54, 1.807) is 0 Å². The van der Waals surface area contributed by atoms with Crippen LogP contribution in [-0.2, 0) is 6.42 Å². The van der Waals surface area contributed by atoms with E-state index in [4.69, 9.17) is 12.2 Å². The zero-order valence-electron chi connectivity index (χ0n) is 15.9. The predicted molar refractivity (Wildman–Crippen MR) is 111 cm³/mol. The number of benzene rings is 1. The summed E-state index contributed by atoms with van der Waals surface area (Å²) in [5, 5.41) is 2.54. The van der Waals surface area contributed by atoms with Gasteiger partial charge in [0, 0.05) is 0 Å². The Kier molecular flexibility index (Phi) is 6.47. The Bertz CT molecular complexity index is 590. The summed E-state index contributed by atoms with van der Waals surface area (Å²) in [5.74, 6) is 0. The average Bonchev–Trinajstić information content (AvgIpc) is 2.67. The minimum atomic E-state index is 0.611. The van der Waals surface area contributed by atoms with Crippen molar-refractivity contribution < 1.29 is 0 Å². The lowest BCUT2D eigenvalue weighted by molar-refractivity contribution is -0.0204. The van der Waals surface area contributed by atoms with Crippen molar-refractivity contribution in [2.24, 2.45) is 15.8 Å². The predicted octanol–water partition coefficient (Wildman–Crippen LogP) is 7.66. The summed E-state index contributed by atoms with van der Waals surface area (Å²) in [6, 6.07) is 8.45. The summed E-state index contributed by atoms with van der Waals surface area (Å²) in [7, 11) is 0. The summed E-state index contributed by atoms with van der Waals surface area (Å²) in [6.45, 7) is 2.31. The van der Waals surface area contributed by atoms with Crippen LogP contribution in [-0.4, -0.2) is 5.16 Å². The van der Waals surface area contributed by atoms with E-state index >= 15 is 0 Å². The number of fused-ring (bicyclic) bond motifs is 3. The van der Waals surface area contributed by atoms with Crippen molar-refractivity contribution in [1.29, 1.82) is 0 Å². The molecule has 3 aliphatic rings. The van der Waals surface area contributed by atoms with Crippen LogP contribution in [0, 0.1) is 10.8 Å². The number of aliphatic imine (C=N–C) groups is 1. The van der Waals surface area contributed by atoms with Crippen LogP contribution in [0.15, 0.2) is 29.3 Å². The number of hydrogen-bond acceptors (Lipinski definition) is 2. The van der Waals surface area contributed by atoms with Gasteiger partial charge in [-0.25, -0.2) is 0 Å². The molecule has 0 unspecified atom stereocenters. The molecule has 3 aliphatic carbocycles. The summed E-state index contributed by atoms with van der Waals surface area (Å²) in [5.41, 5.74) is 3.69. The van der Waals surface area contributed by atoms with E-state index in [2.05, 4.69) is 35.3 Å². The molecule has 1 aromatic carbocycles. The molecule has 0 N–H and O–H groups in total. The molecule has 0 saturated heterocycles. The third-order valence-corrected chi connectivity index (χ3v) is 7.29. The minimum Gasteiger partial charge on any atom is -0.194 e. The standard InChI is InChI=1S/C23H33NS/c1-2-3-4-7-11-22-13-16-23(17-14-22,18-15-22)12-10-20-8-5-6-9-21(20)24-19-25/h5-6,8-9H,2-4,7,10-18H2,1H3. The normalized spacial score (nSPS) is 27.9. The van der Waals surface area contributed by atoms with Gasteiger partial charge in [-0.05, 0) is 92.5 Å². The van der Waals surface area contributed by atoms with Crippen molar-refractivity contribution in [3.05, 3.63) is 29.8 Å². The number of thiocarbonyl (C=S) groups is 1. The second-order valence-electron chi connectivity index (χ2n) is 8.64. The highest BCUT2D eigenvalue weighted by atomic mass is 32.1. The van der Waals surface area contributed by atoms with Gasteiger partial charge in [0.15, 0.2) is 0 Å². The average molecular weight is 356 g/mol. The van der Waals surface area contributed by atoms with Gasteiger partial charge in [-0.1, -0.05) is 50.8 Å². The van der Waals surface area contributed by atoms with E-state index in [9.17, 15) is 0 Å². The Labute approximate surface area is 159 Å². The molecule has 0 spiro atoms. The Morgan fingerprint density at radius 2 is 1.56 bits per heavy atom. The highest BCUT2D eigenvalue weighted by Crippen LogP contribution is 2.60. The van der Waals surface area contributed by atoms with Crippen molar-refractivity contribution in [3.63, 3.8) is 0 Å². The summed E-state index contributed by atoms with van der Waals surface area (Å²) >= 11 is 4.80. The summed E-state index contributed by atoms with van der Waals surface area (Å²) < 4.78 is 0. The number of aryl methyl sites for hydroxylation is 1. The maximum absolute atomic E-state index is 4.80. The molecule has 2 bridgehead atoms. The first-order chi connectivity index (χ1) is 12.2. The fourth-order valence-corrected chi connectivity index (χ4v) is 5.40. The Morgan fingerprint density at radius 3 is 2.20 bits per heavy atom. The fraction of sp³-hybridized carbons (Fsp3) is 0.696. The van der Waals surface area contributed by atoms with Gasteiger partial charge in [-0.3, -0.25) is 0 Å². The molecule has 136 valence electrons. The van der Waals surface area contributed by atoms with E-state index < -0.39 is 0 Å². The first kappa shape index (κ1) is 18.8.